The van der Waals surface area contributed by atoms with E-state index in [1.54, 1.807) is 6.07 Å². The number of ether oxygens (including phenoxy) is 1. The second kappa shape index (κ2) is 6.39. The van der Waals surface area contributed by atoms with Crippen molar-refractivity contribution >= 4 is 21.7 Å². The highest BCUT2D eigenvalue weighted by atomic mass is 79.9. The van der Waals surface area contributed by atoms with Gasteiger partial charge >= 0.3 is 0 Å². The van der Waals surface area contributed by atoms with E-state index in [1.807, 2.05) is 32.9 Å². The molecule has 0 saturated carbocycles. The molecule has 0 aliphatic carbocycles. The molecule has 0 bridgehead atoms. The normalized spacial score (nSPS) is 10.5. The predicted octanol–water partition coefficient (Wildman–Crippen LogP) is 4.78. The monoisotopic (exact) mass is 350 g/mol. The zero-order valence-corrected chi connectivity index (χ0v) is 13.8. The number of hydrogen-bond acceptors (Lipinski definition) is 2. The molecule has 0 heterocycles. The minimum Gasteiger partial charge on any atom is -0.482 e. The molecule has 21 heavy (non-hydrogen) atoms. The Morgan fingerprint density at radius 3 is 2.43 bits per heavy atom. The first-order valence-electron chi connectivity index (χ1n) is 6.57. The van der Waals surface area contributed by atoms with Gasteiger partial charge < -0.3 is 4.74 Å². The van der Waals surface area contributed by atoms with E-state index in [0.29, 0.717) is 10.0 Å². The fourth-order valence-electron chi connectivity index (χ4n) is 2.07. The van der Waals surface area contributed by atoms with Gasteiger partial charge in [-0.3, -0.25) is 4.79 Å². The fraction of sp³-hybridized carbons (Fsp3) is 0.235. The second-order valence-corrected chi connectivity index (χ2v) is 5.95. The lowest BCUT2D eigenvalue weighted by Gasteiger charge is -2.10. The van der Waals surface area contributed by atoms with Crippen LogP contribution in [0.15, 0.2) is 34.8 Å². The summed E-state index contributed by atoms with van der Waals surface area (Å²) in [4.78, 5) is 12.2. The molecule has 0 atom stereocenters. The van der Waals surface area contributed by atoms with Crippen molar-refractivity contribution in [2.24, 2.45) is 0 Å². The summed E-state index contributed by atoms with van der Waals surface area (Å²) in [6.45, 7) is 5.67. The van der Waals surface area contributed by atoms with Crippen LogP contribution in [-0.2, 0) is 0 Å². The van der Waals surface area contributed by atoms with Crippen LogP contribution in [0.1, 0.15) is 27.0 Å². The predicted molar refractivity (Wildman–Crippen MR) is 84.6 cm³/mol. The topological polar surface area (TPSA) is 26.3 Å². The van der Waals surface area contributed by atoms with Crippen LogP contribution in [0.4, 0.5) is 4.39 Å². The van der Waals surface area contributed by atoms with E-state index in [0.717, 1.165) is 16.7 Å². The Labute approximate surface area is 132 Å². The summed E-state index contributed by atoms with van der Waals surface area (Å²) in [7, 11) is 0. The largest absolute Gasteiger partial charge is 0.482 e. The molecule has 0 fully saturated rings. The molecule has 2 rings (SSSR count). The molecule has 0 saturated heterocycles. The van der Waals surface area contributed by atoms with Crippen LogP contribution in [0.5, 0.6) is 5.75 Å². The van der Waals surface area contributed by atoms with E-state index in [4.69, 9.17) is 4.74 Å². The molecule has 0 aliphatic heterocycles. The Balaban J connectivity index is 2.13. The first kappa shape index (κ1) is 15.7. The highest BCUT2D eigenvalue weighted by Crippen LogP contribution is 2.22. The number of hydrogen-bond donors (Lipinski definition) is 0. The molecule has 0 spiro atoms. The lowest BCUT2D eigenvalue weighted by molar-refractivity contribution is 0.0918. The van der Waals surface area contributed by atoms with Gasteiger partial charge in [-0.1, -0.05) is 22.0 Å². The van der Waals surface area contributed by atoms with E-state index in [9.17, 15) is 9.18 Å². The quantitative estimate of drug-likeness (QED) is 0.742. The van der Waals surface area contributed by atoms with Crippen LogP contribution in [0.3, 0.4) is 0 Å². The Hall–Kier alpha value is -1.68. The van der Waals surface area contributed by atoms with Crippen LogP contribution >= 0.6 is 15.9 Å². The fourth-order valence-corrected chi connectivity index (χ4v) is 2.41. The standard InChI is InChI=1S/C17H16BrFO2/c1-10-6-12(3)14(7-11(10)2)16(20)9-21-17-5-4-13(18)8-15(17)19/h4-8H,9H2,1-3H3. The van der Waals surface area contributed by atoms with Crippen molar-refractivity contribution in [2.45, 2.75) is 20.8 Å². The van der Waals surface area contributed by atoms with E-state index in [1.165, 1.54) is 12.1 Å². The SMILES string of the molecule is Cc1cc(C)c(C(=O)COc2ccc(Br)cc2F)cc1C. The Kier molecular flexibility index (Phi) is 4.78. The molecule has 4 heteroatoms. The molecule has 110 valence electrons. The third-order valence-corrected chi connectivity index (χ3v) is 3.89. The molecule has 0 radical (unpaired) electrons. The van der Waals surface area contributed by atoms with Gasteiger partial charge in [0.15, 0.2) is 24.0 Å². The first-order valence-corrected chi connectivity index (χ1v) is 7.36. The van der Waals surface area contributed by atoms with E-state index >= 15 is 0 Å². The lowest BCUT2D eigenvalue weighted by atomic mass is 9.98. The summed E-state index contributed by atoms with van der Waals surface area (Å²) in [6, 6.07) is 8.31. The van der Waals surface area contributed by atoms with E-state index in [-0.39, 0.29) is 18.1 Å². The van der Waals surface area contributed by atoms with Gasteiger partial charge in [0.2, 0.25) is 0 Å². The number of halogens is 2. The maximum atomic E-state index is 13.6. The van der Waals surface area contributed by atoms with Crippen molar-refractivity contribution in [2.75, 3.05) is 6.61 Å². The highest BCUT2D eigenvalue weighted by molar-refractivity contribution is 9.10. The number of Topliss-reactive ketones (excluding diaryl/α,β-unsaturated/α-hetero) is 1. The van der Waals surface area contributed by atoms with Crippen LogP contribution in [0.2, 0.25) is 0 Å². The van der Waals surface area contributed by atoms with Gasteiger partial charge in [-0.15, -0.1) is 0 Å². The number of rotatable bonds is 4. The van der Waals surface area contributed by atoms with E-state index < -0.39 is 5.82 Å². The van der Waals surface area contributed by atoms with E-state index in [2.05, 4.69) is 15.9 Å². The number of carbonyl (C=O) groups is 1. The van der Waals surface area contributed by atoms with Gasteiger partial charge in [0.1, 0.15) is 0 Å². The molecular formula is C17H16BrFO2. The smallest absolute Gasteiger partial charge is 0.200 e. The summed E-state index contributed by atoms with van der Waals surface area (Å²) in [5.41, 5.74) is 3.72. The number of benzene rings is 2. The van der Waals surface area contributed by atoms with Crippen molar-refractivity contribution in [1.29, 1.82) is 0 Å². The maximum Gasteiger partial charge on any atom is 0.200 e. The summed E-state index contributed by atoms with van der Waals surface area (Å²) in [5, 5.41) is 0. The van der Waals surface area contributed by atoms with Crippen LogP contribution < -0.4 is 4.74 Å². The molecule has 0 N–H and O–H groups in total. The molecule has 2 aromatic carbocycles. The molecule has 0 aromatic heterocycles. The minimum absolute atomic E-state index is 0.0769. The number of ketones is 1. The molecule has 0 aliphatic rings. The number of carbonyl (C=O) groups excluding carboxylic acids is 1. The lowest BCUT2D eigenvalue weighted by Crippen LogP contribution is -2.14. The third kappa shape index (κ3) is 3.70. The van der Waals surface area contributed by atoms with Gasteiger partial charge in [0.05, 0.1) is 0 Å². The Morgan fingerprint density at radius 1 is 1.10 bits per heavy atom. The molecule has 2 nitrogen and oxygen atoms in total. The Morgan fingerprint density at radius 2 is 1.76 bits per heavy atom. The van der Waals surface area contributed by atoms with Crippen LogP contribution in [0.25, 0.3) is 0 Å². The summed E-state index contributed by atoms with van der Waals surface area (Å²) < 4.78 is 19.5. The minimum atomic E-state index is -0.492. The van der Waals surface area contributed by atoms with Gasteiger partial charge in [-0.25, -0.2) is 4.39 Å². The van der Waals surface area contributed by atoms with Crippen LogP contribution in [0, 0.1) is 26.6 Å². The van der Waals surface area contributed by atoms with Gasteiger partial charge in [-0.05, 0) is 61.7 Å². The molecule has 0 unspecified atom stereocenters. The molecule has 0 amide bonds. The van der Waals surface area contributed by atoms with Crippen molar-refractivity contribution in [3.63, 3.8) is 0 Å². The summed E-state index contributed by atoms with van der Waals surface area (Å²) in [6.07, 6.45) is 0. The maximum absolute atomic E-state index is 13.6. The average Bonchev–Trinajstić information content (AvgIpc) is 2.41. The van der Waals surface area contributed by atoms with Crippen molar-refractivity contribution < 1.29 is 13.9 Å². The van der Waals surface area contributed by atoms with Crippen molar-refractivity contribution in [3.05, 3.63) is 62.9 Å². The van der Waals surface area contributed by atoms with Crippen molar-refractivity contribution in [1.82, 2.24) is 0 Å². The van der Waals surface area contributed by atoms with Crippen LogP contribution in [-0.4, -0.2) is 12.4 Å². The summed E-state index contributed by atoms with van der Waals surface area (Å²) >= 11 is 3.17. The second-order valence-electron chi connectivity index (χ2n) is 5.04. The highest BCUT2D eigenvalue weighted by Gasteiger charge is 2.13. The molecular weight excluding hydrogens is 335 g/mol. The molecule has 2 aromatic rings. The average molecular weight is 351 g/mol. The summed E-state index contributed by atoms with van der Waals surface area (Å²) in [5.74, 6) is -0.570. The number of aryl methyl sites for hydroxylation is 3. The van der Waals surface area contributed by atoms with Crippen molar-refractivity contribution in [3.8, 4) is 5.75 Å². The van der Waals surface area contributed by atoms with Gasteiger partial charge in [-0.2, -0.15) is 0 Å². The zero-order chi connectivity index (χ0) is 15.6. The van der Waals surface area contributed by atoms with Gasteiger partial charge in [0.25, 0.3) is 0 Å². The Bertz CT molecular complexity index is 695. The van der Waals surface area contributed by atoms with Gasteiger partial charge in [0, 0.05) is 10.0 Å². The zero-order valence-electron chi connectivity index (χ0n) is 12.2. The third-order valence-electron chi connectivity index (χ3n) is 3.39. The first-order chi connectivity index (χ1) is 9.88.